The number of hydrogen-bond acceptors (Lipinski definition) is 6. The van der Waals surface area contributed by atoms with Crippen molar-refractivity contribution in [3.8, 4) is 5.75 Å². The van der Waals surface area contributed by atoms with Crippen molar-refractivity contribution in [2.75, 3.05) is 21.9 Å². The molecule has 0 aliphatic carbocycles. The Bertz CT molecular complexity index is 1210. The quantitative estimate of drug-likeness (QED) is 0.722. The Balaban J connectivity index is 2.12. The number of para-hydroxylation sites is 1. The Morgan fingerprint density at radius 1 is 1.23 bits per heavy atom. The fourth-order valence-electron chi connectivity index (χ4n) is 3.45. The van der Waals surface area contributed by atoms with E-state index >= 15 is 0 Å². The maximum Gasteiger partial charge on any atom is 0.265 e. The first-order valence-corrected chi connectivity index (χ1v) is 12.5. The molecule has 0 radical (unpaired) electrons. The summed E-state index contributed by atoms with van der Waals surface area (Å²) in [5.41, 5.74) is 2.00. The number of hydrogen-bond donors (Lipinski definition) is 1. The number of nitrogens with zero attached hydrogens (tertiary/aromatic N) is 1. The zero-order valence-electron chi connectivity index (χ0n) is 17.2. The lowest BCUT2D eigenvalue weighted by atomic mass is 10.1. The summed E-state index contributed by atoms with van der Waals surface area (Å²) >= 11 is 0. The fraction of sp³-hybridized carbons (Fsp3) is 0.350. The Morgan fingerprint density at radius 3 is 2.50 bits per heavy atom. The van der Waals surface area contributed by atoms with Crippen LogP contribution in [0.25, 0.3) is 0 Å². The van der Waals surface area contributed by atoms with Crippen molar-refractivity contribution < 1.29 is 26.4 Å². The summed E-state index contributed by atoms with van der Waals surface area (Å²) in [6.45, 7) is 5.23. The van der Waals surface area contributed by atoms with E-state index in [0.717, 1.165) is 17.2 Å². The predicted octanol–water partition coefficient (Wildman–Crippen LogP) is 2.68. The first kappa shape index (κ1) is 22.1. The maximum atomic E-state index is 13.2. The molecule has 1 N–H and O–H groups in total. The first-order chi connectivity index (χ1) is 14.0. The van der Waals surface area contributed by atoms with Gasteiger partial charge >= 0.3 is 0 Å². The number of aryl methyl sites for hydroxylation is 2. The molecule has 1 atom stereocenters. The molecule has 1 heterocycles. The Hall–Kier alpha value is -2.59. The summed E-state index contributed by atoms with van der Waals surface area (Å²) in [4.78, 5) is 12.2. The van der Waals surface area contributed by atoms with E-state index in [0.29, 0.717) is 16.4 Å². The van der Waals surface area contributed by atoms with Crippen LogP contribution in [0.2, 0.25) is 0 Å². The molecule has 0 saturated carbocycles. The smallest absolute Gasteiger partial charge is 0.265 e. The molecule has 1 saturated heterocycles. The van der Waals surface area contributed by atoms with Crippen molar-refractivity contribution >= 4 is 37.3 Å². The zero-order chi connectivity index (χ0) is 22.3. The summed E-state index contributed by atoms with van der Waals surface area (Å²) < 4.78 is 59.8. The SMILES string of the molecule is CCc1cccc(C)c1NS(=O)(=O)c1cc(N2C(=O)C(C)CS2(=O)=O)ccc1OC. The molecule has 10 heteroatoms. The minimum atomic E-state index is -4.14. The van der Waals surface area contributed by atoms with Gasteiger partial charge in [0.15, 0.2) is 0 Å². The largest absolute Gasteiger partial charge is 0.495 e. The molecule has 0 spiro atoms. The lowest BCUT2D eigenvalue weighted by Gasteiger charge is -2.19. The minimum Gasteiger partial charge on any atom is -0.495 e. The second-order valence-corrected chi connectivity index (χ2v) is 10.7. The number of anilines is 2. The van der Waals surface area contributed by atoms with Gasteiger partial charge in [-0.15, -0.1) is 0 Å². The summed E-state index contributed by atoms with van der Waals surface area (Å²) in [5.74, 6) is -1.57. The Kier molecular flexibility index (Phi) is 5.83. The molecule has 1 fully saturated rings. The number of sulfonamides is 2. The number of ether oxygens (including phenoxy) is 1. The van der Waals surface area contributed by atoms with Gasteiger partial charge in [0.25, 0.3) is 10.0 Å². The van der Waals surface area contributed by atoms with Gasteiger partial charge in [-0.05, 0) is 42.7 Å². The summed E-state index contributed by atoms with van der Waals surface area (Å²) in [6, 6.07) is 9.32. The summed E-state index contributed by atoms with van der Waals surface area (Å²) in [5, 5.41) is 0. The van der Waals surface area contributed by atoms with E-state index < -0.39 is 31.9 Å². The Morgan fingerprint density at radius 2 is 1.93 bits per heavy atom. The topological polar surface area (TPSA) is 110 Å². The van der Waals surface area contributed by atoms with Crippen LogP contribution in [0.15, 0.2) is 41.3 Å². The second-order valence-electron chi connectivity index (χ2n) is 7.19. The number of nitrogens with one attached hydrogen (secondary N) is 1. The van der Waals surface area contributed by atoms with Gasteiger partial charge in [-0.1, -0.05) is 32.0 Å². The molecule has 1 aliphatic heterocycles. The van der Waals surface area contributed by atoms with Gasteiger partial charge in [0.2, 0.25) is 15.9 Å². The highest BCUT2D eigenvalue weighted by Gasteiger charge is 2.42. The number of rotatable bonds is 6. The third-order valence-electron chi connectivity index (χ3n) is 5.01. The predicted molar refractivity (Wildman–Crippen MR) is 115 cm³/mol. The molecule has 3 rings (SSSR count). The number of carbonyl (C=O) groups excluding carboxylic acids is 1. The standard InChI is InChI=1S/C20H24N2O6S2/c1-5-15-8-6-7-13(2)19(15)21-30(26,27)18-11-16(9-10-17(18)28-4)22-20(23)14(3)12-29(22,24)25/h6-11,14,21H,5,12H2,1-4H3. The van der Waals surface area contributed by atoms with Gasteiger partial charge in [0.1, 0.15) is 10.6 Å². The highest BCUT2D eigenvalue weighted by molar-refractivity contribution is 7.94. The van der Waals surface area contributed by atoms with E-state index in [2.05, 4.69) is 4.72 Å². The van der Waals surface area contributed by atoms with Crippen LogP contribution in [-0.2, 0) is 31.3 Å². The summed E-state index contributed by atoms with van der Waals surface area (Å²) in [7, 11) is -6.69. The highest BCUT2D eigenvalue weighted by Crippen LogP contribution is 2.35. The van der Waals surface area contributed by atoms with E-state index in [9.17, 15) is 21.6 Å². The molecule has 0 aromatic heterocycles. The van der Waals surface area contributed by atoms with Crippen molar-refractivity contribution in [1.82, 2.24) is 0 Å². The van der Waals surface area contributed by atoms with E-state index in [1.54, 1.807) is 13.0 Å². The van der Waals surface area contributed by atoms with Gasteiger partial charge in [-0.3, -0.25) is 9.52 Å². The van der Waals surface area contributed by atoms with Gasteiger partial charge in [-0.2, -0.15) is 0 Å². The molecule has 30 heavy (non-hydrogen) atoms. The van der Waals surface area contributed by atoms with Gasteiger partial charge in [0, 0.05) is 0 Å². The lowest BCUT2D eigenvalue weighted by Crippen LogP contribution is -2.30. The average Bonchev–Trinajstić information content (AvgIpc) is 2.89. The van der Waals surface area contributed by atoms with Crippen LogP contribution < -0.4 is 13.8 Å². The van der Waals surface area contributed by atoms with Crippen LogP contribution in [0.5, 0.6) is 5.75 Å². The molecular weight excluding hydrogens is 428 g/mol. The van der Waals surface area contributed by atoms with Gasteiger partial charge in [-0.25, -0.2) is 21.1 Å². The number of carbonyl (C=O) groups is 1. The number of benzene rings is 2. The van der Waals surface area contributed by atoms with Gasteiger partial charge in [0.05, 0.1) is 30.2 Å². The molecule has 1 aliphatic rings. The van der Waals surface area contributed by atoms with Crippen molar-refractivity contribution in [1.29, 1.82) is 0 Å². The van der Waals surface area contributed by atoms with Crippen molar-refractivity contribution in [3.63, 3.8) is 0 Å². The second kappa shape index (κ2) is 7.92. The normalized spacial score (nSPS) is 18.5. The third kappa shape index (κ3) is 3.89. The number of methoxy groups -OCH3 is 1. The lowest BCUT2D eigenvalue weighted by molar-refractivity contribution is -0.119. The van der Waals surface area contributed by atoms with Crippen molar-refractivity contribution in [2.24, 2.45) is 5.92 Å². The molecular formula is C20H24N2O6S2. The molecule has 162 valence electrons. The van der Waals surface area contributed by atoms with Gasteiger partial charge < -0.3 is 4.74 Å². The molecule has 2 aromatic carbocycles. The molecule has 1 amide bonds. The Labute approximate surface area is 177 Å². The van der Waals surface area contributed by atoms with Crippen LogP contribution in [0, 0.1) is 12.8 Å². The van der Waals surface area contributed by atoms with Crippen LogP contribution in [0.3, 0.4) is 0 Å². The molecule has 2 aromatic rings. The van der Waals surface area contributed by atoms with E-state index in [1.165, 1.54) is 26.2 Å². The van der Waals surface area contributed by atoms with Crippen molar-refractivity contribution in [3.05, 3.63) is 47.5 Å². The highest BCUT2D eigenvalue weighted by atomic mass is 32.2. The van der Waals surface area contributed by atoms with Crippen LogP contribution in [0.4, 0.5) is 11.4 Å². The molecule has 0 bridgehead atoms. The molecule has 8 nitrogen and oxygen atoms in total. The minimum absolute atomic E-state index is 0.0361. The van der Waals surface area contributed by atoms with Crippen LogP contribution in [-0.4, -0.2) is 35.6 Å². The van der Waals surface area contributed by atoms with E-state index in [4.69, 9.17) is 4.74 Å². The van der Waals surface area contributed by atoms with Crippen LogP contribution in [0.1, 0.15) is 25.0 Å². The first-order valence-electron chi connectivity index (χ1n) is 9.38. The monoisotopic (exact) mass is 452 g/mol. The van der Waals surface area contributed by atoms with Crippen LogP contribution >= 0.6 is 0 Å². The third-order valence-corrected chi connectivity index (χ3v) is 8.25. The van der Waals surface area contributed by atoms with E-state index in [-0.39, 0.29) is 22.1 Å². The van der Waals surface area contributed by atoms with E-state index in [1.807, 2.05) is 19.1 Å². The number of amides is 1. The fourth-order valence-corrected chi connectivity index (χ4v) is 6.62. The van der Waals surface area contributed by atoms with Crippen molar-refractivity contribution in [2.45, 2.75) is 32.1 Å². The zero-order valence-corrected chi connectivity index (χ0v) is 18.8. The maximum absolute atomic E-state index is 13.2. The average molecular weight is 453 g/mol. The summed E-state index contributed by atoms with van der Waals surface area (Å²) in [6.07, 6.45) is 0.620. The molecule has 1 unspecified atom stereocenters.